The Morgan fingerprint density at radius 2 is 2.27 bits per heavy atom. The van der Waals surface area contributed by atoms with E-state index in [1.165, 1.54) is 0 Å². The van der Waals surface area contributed by atoms with Gasteiger partial charge in [0.1, 0.15) is 0 Å². The molecule has 0 aromatic rings. The van der Waals surface area contributed by atoms with Gasteiger partial charge in [0.15, 0.2) is 0 Å². The quantitative estimate of drug-likeness (QED) is 0.416. The molecule has 0 fully saturated rings. The Morgan fingerprint density at radius 1 is 1.55 bits per heavy atom. The zero-order valence-corrected chi connectivity index (χ0v) is 6.44. The summed E-state index contributed by atoms with van der Waals surface area (Å²) in [5, 5.41) is 0. The highest BCUT2D eigenvalue weighted by atomic mass is 15.6. The van der Waals surface area contributed by atoms with Gasteiger partial charge in [-0.05, 0) is 19.1 Å². The summed E-state index contributed by atoms with van der Waals surface area (Å²) >= 11 is 0. The molecule has 4 nitrogen and oxygen atoms in total. The molecular weight excluding hydrogens is 140 g/mol. The van der Waals surface area contributed by atoms with Crippen LogP contribution in [0.3, 0.4) is 0 Å². The van der Waals surface area contributed by atoms with Gasteiger partial charge in [-0.25, -0.2) is 0 Å². The molecule has 60 valence electrons. The first-order valence-electron chi connectivity index (χ1n) is 3.31. The molecule has 1 aliphatic heterocycles. The van der Waals surface area contributed by atoms with E-state index >= 15 is 0 Å². The maximum Gasteiger partial charge on any atom is 0.0726 e. The minimum Gasteiger partial charge on any atom is -0.399 e. The number of hydrogen-bond donors (Lipinski definition) is 4. The lowest BCUT2D eigenvalue weighted by Crippen LogP contribution is -2.32. The molecule has 5 N–H and O–H groups in total. The van der Waals surface area contributed by atoms with Crippen molar-refractivity contribution in [2.45, 2.75) is 6.92 Å². The molecule has 0 amide bonds. The van der Waals surface area contributed by atoms with Crippen LogP contribution in [0.15, 0.2) is 35.8 Å². The van der Waals surface area contributed by atoms with Gasteiger partial charge in [0.05, 0.1) is 5.70 Å². The summed E-state index contributed by atoms with van der Waals surface area (Å²) in [7, 11) is 0. The van der Waals surface area contributed by atoms with Gasteiger partial charge in [0, 0.05) is 11.4 Å². The van der Waals surface area contributed by atoms with Crippen LogP contribution in [0.4, 0.5) is 0 Å². The Morgan fingerprint density at radius 3 is 2.73 bits per heavy atom. The molecule has 0 aromatic heterocycles. The average Bonchev–Trinajstić information content (AvgIpc) is 2.37. The van der Waals surface area contributed by atoms with Gasteiger partial charge in [0.25, 0.3) is 0 Å². The van der Waals surface area contributed by atoms with Gasteiger partial charge in [-0.3, -0.25) is 0 Å². The van der Waals surface area contributed by atoms with Crippen LogP contribution in [0.2, 0.25) is 0 Å². The van der Waals surface area contributed by atoms with Gasteiger partial charge < -0.3 is 16.6 Å². The predicted molar refractivity (Wildman–Crippen MR) is 44.6 cm³/mol. The van der Waals surface area contributed by atoms with E-state index < -0.39 is 0 Å². The third-order valence-corrected chi connectivity index (χ3v) is 1.40. The van der Waals surface area contributed by atoms with Crippen LogP contribution in [-0.4, -0.2) is 0 Å². The van der Waals surface area contributed by atoms with Gasteiger partial charge >= 0.3 is 0 Å². The van der Waals surface area contributed by atoms with Crippen molar-refractivity contribution in [3.63, 3.8) is 0 Å². The third-order valence-electron chi connectivity index (χ3n) is 1.40. The molecule has 1 heterocycles. The normalized spacial score (nSPS) is 17.7. The molecule has 1 rings (SSSR count). The third kappa shape index (κ3) is 1.75. The van der Waals surface area contributed by atoms with E-state index in [9.17, 15) is 0 Å². The predicted octanol–water partition coefficient (Wildman–Crippen LogP) is -0.141. The van der Waals surface area contributed by atoms with Crippen molar-refractivity contribution in [2.24, 2.45) is 5.73 Å². The SMILES string of the molecule is C=C/C(N)=C\C1=C(C)NNN1. The van der Waals surface area contributed by atoms with E-state index in [1.807, 2.05) is 6.92 Å². The number of allylic oxidation sites excluding steroid dienone is 3. The first kappa shape index (κ1) is 7.68. The lowest BCUT2D eigenvalue weighted by Gasteiger charge is -1.96. The molecule has 11 heavy (non-hydrogen) atoms. The maximum absolute atomic E-state index is 5.53. The zero-order chi connectivity index (χ0) is 8.27. The first-order valence-corrected chi connectivity index (χ1v) is 3.31. The first-order chi connectivity index (χ1) is 5.24. The molecular formula is C7H12N4. The van der Waals surface area contributed by atoms with Crippen LogP contribution in [0.1, 0.15) is 6.92 Å². The minimum absolute atomic E-state index is 0.636. The van der Waals surface area contributed by atoms with Crippen molar-refractivity contribution in [2.75, 3.05) is 0 Å². The Balaban J connectivity index is 2.75. The van der Waals surface area contributed by atoms with E-state index in [2.05, 4.69) is 23.0 Å². The van der Waals surface area contributed by atoms with Gasteiger partial charge in [-0.2, -0.15) is 5.53 Å². The second-order valence-electron chi connectivity index (χ2n) is 2.26. The number of nitrogens with one attached hydrogen (secondary N) is 3. The summed E-state index contributed by atoms with van der Waals surface area (Å²) in [4.78, 5) is 0. The van der Waals surface area contributed by atoms with Crippen LogP contribution in [0.5, 0.6) is 0 Å². The second-order valence-corrected chi connectivity index (χ2v) is 2.26. The molecule has 0 radical (unpaired) electrons. The molecule has 0 unspecified atom stereocenters. The largest absolute Gasteiger partial charge is 0.399 e. The highest BCUT2D eigenvalue weighted by Gasteiger charge is 2.04. The Labute approximate surface area is 65.8 Å². The van der Waals surface area contributed by atoms with Crippen molar-refractivity contribution in [1.82, 2.24) is 16.4 Å². The lowest BCUT2D eigenvalue weighted by atomic mass is 10.3. The lowest BCUT2D eigenvalue weighted by molar-refractivity contribution is 0.593. The molecule has 0 aromatic carbocycles. The van der Waals surface area contributed by atoms with Gasteiger partial charge in [-0.1, -0.05) is 6.58 Å². The molecule has 0 aliphatic carbocycles. The van der Waals surface area contributed by atoms with Crippen LogP contribution in [-0.2, 0) is 0 Å². The van der Waals surface area contributed by atoms with Crippen molar-refractivity contribution in [3.8, 4) is 0 Å². The molecule has 0 saturated carbocycles. The van der Waals surface area contributed by atoms with Crippen LogP contribution in [0, 0.1) is 0 Å². The summed E-state index contributed by atoms with van der Waals surface area (Å²) < 4.78 is 0. The van der Waals surface area contributed by atoms with E-state index in [0.29, 0.717) is 5.70 Å². The van der Waals surface area contributed by atoms with Crippen molar-refractivity contribution >= 4 is 0 Å². The van der Waals surface area contributed by atoms with E-state index in [1.54, 1.807) is 12.2 Å². The van der Waals surface area contributed by atoms with Crippen LogP contribution < -0.4 is 22.1 Å². The van der Waals surface area contributed by atoms with Crippen LogP contribution >= 0.6 is 0 Å². The summed E-state index contributed by atoms with van der Waals surface area (Å²) in [6.45, 7) is 5.48. The Hall–Kier alpha value is -1.42. The fourth-order valence-electron chi connectivity index (χ4n) is 0.723. The summed E-state index contributed by atoms with van der Waals surface area (Å²) in [5.41, 5.74) is 16.6. The molecule has 0 saturated heterocycles. The fourth-order valence-corrected chi connectivity index (χ4v) is 0.723. The summed E-state index contributed by atoms with van der Waals surface area (Å²) in [6, 6.07) is 0. The fraction of sp³-hybridized carbons (Fsp3) is 0.143. The monoisotopic (exact) mass is 152 g/mol. The molecule has 0 atom stereocenters. The zero-order valence-electron chi connectivity index (χ0n) is 6.44. The molecule has 0 bridgehead atoms. The molecule has 1 aliphatic rings. The topological polar surface area (TPSA) is 62.1 Å². The van der Waals surface area contributed by atoms with Crippen molar-refractivity contribution in [3.05, 3.63) is 35.8 Å². The highest BCUT2D eigenvalue weighted by molar-refractivity contribution is 5.29. The van der Waals surface area contributed by atoms with Crippen molar-refractivity contribution in [1.29, 1.82) is 0 Å². The molecule has 0 spiro atoms. The smallest absolute Gasteiger partial charge is 0.0726 e. The van der Waals surface area contributed by atoms with E-state index in [0.717, 1.165) is 11.4 Å². The van der Waals surface area contributed by atoms with E-state index in [-0.39, 0.29) is 0 Å². The van der Waals surface area contributed by atoms with Gasteiger partial charge in [0.2, 0.25) is 0 Å². The highest BCUT2D eigenvalue weighted by Crippen LogP contribution is 2.02. The number of nitrogens with two attached hydrogens (primary N) is 1. The average molecular weight is 152 g/mol. The summed E-state index contributed by atoms with van der Waals surface area (Å²) in [5.74, 6) is 0. The van der Waals surface area contributed by atoms with Gasteiger partial charge in [-0.15, -0.1) is 0 Å². The number of hydrazine groups is 2. The minimum atomic E-state index is 0.636. The number of rotatable bonds is 2. The second kappa shape index (κ2) is 3.12. The molecule has 4 heteroatoms. The van der Waals surface area contributed by atoms with E-state index in [4.69, 9.17) is 5.73 Å². The summed E-state index contributed by atoms with van der Waals surface area (Å²) in [6.07, 6.45) is 3.40. The van der Waals surface area contributed by atoms with Crippen LogP contribution in [0.25, 0.3) is 0 Å². The number of hydrogen-bond acceptors (Lipinski definition) is 4. The maximum atomic E-state index is 5.53. The van der Waals surface area contributed by atoms with Crippen molar-refractivity contribution < 1.29 is 0 Å². The Bertz CT molecular complexity index is 227. The standard InChI is InChI=1S/C7H12N4/c1-3-6(8)4-7-5(2)9-11-10-7/h3-4,9-11H,1,8H2,2H3/b6-4+. The Kier molecular flexibility index (Phi) is 2.18.